The van der Waals surface area contributed by atoms with Gasteiger partial charge in [-0.3, -0.25) is 9.69 Å². The summed E-state index contributed by atoms with van der Waals surface area (Å²) in [6.45, 7) is 2.52. The molecule has 1 aromatic carbocycles. The van der Waals surface area contributed by atoms with Gasteiger partial charge in [0.1, 0.15) is 0 Å². The van der Waals surface area contributed by atoms with Gasteiger partial charge in [-0.1, -0.05) is 6.07 Å². The largest absolute Gasteiger partial charge is 0.494 e. The second-order valence-electron chi connectivity index (χ2n) is 6.62. The molecular formula is C17H23FN2O4S. The molecule has 2 fully saturated rings. The number of ether oxygens (including phenoxy) is 1. The van der Waals surface area contributed by atoms with Gasteiger partial charge >= 0.3 is 0 Å². The van der Waals surface area contributed by atoms with Crippen LogP contribution in [0.2, 0.25) is 0 Å². The lowest BCUT2D eigenvalue weighted by Gasteiger charge is -2.37. The summed E-state index contributed by atoms with van der Waals surface area (Å²) in [6.07, 6.45) is 0.833. The molecule has 1 aromatic rings. The number of carbonyl (C=O) groups excluding carboxylic acids is 1. The van der Waals surface area contributed by atoms with E-state index in [1.165, 1.54) is 19.2 Å². The van der Waals surface area contributed by atoms with Crippen LogP contribution in [0.5, 0.6) is 5.75 Å². The Hall–Kier alpha value is -1.67. The first kappa shape index (κ1) is 18.1. The Balaban J connectivity index is 1.52. The van der Waals surface area contributed by atoms with Gasteiger partial charge in [0.2, 0.25) is 5.91 Å². The van der Waals surface area contributed by atoms with Crippen LogP contribution >= 0.6 is 0 Å². The summed E-state index contributed by atoms with van der Waals surface area (Å²) in [5, 5.41) is 0. The van der Waals surface area contributed by atoms with Crippen LogP contribution in [0.3, 0.4) is 0 Å². The summed E-state index contributed by atoms with van der Waals surface area (Å²) in [5.41, 5.74) is 0.618. The summed E-state index contributed by atoms with van der Waals surface area (Å²) < 4.78 is 41.8. The van der Waals surface area contributed by atoms with Gasteiger partial charge in [0.25, 0.3) is 0 Å². The Labute approximate surface area is 147 Å². The molecule has 3 rings (SSSR count). The number of nitrogens with zero attached hydrogens (tertiary/aromatic N) is 2. The van der Waals surface area contributed by atoms with Gasteiger partial charge in [-0.15, -0.1) is 0 Å². The van der Waals surface area contributed by atoms with Crippen LogP contribution in [0.1, 0.15) is 12.0 Å². The van der Waals surface area contributed by atoms with Gasteiger partial charge in [0.05, 0.1) is 25.0 Å². The minimum absolute atomic E-state index is 0.0386. The van der Waals surface area contributed by atoms with Gasteiger partial charge in [-0.25, -0.2) is 12.8 Å². The number of piperazine rings is 1. The fourth-order valence-corrected chi connectivity index (χ4v) is 5.27. The van der Waals surface area contributed by atoms with Gasteiger partial charge in [0, 0.05) is 32.2 Å². The number of methoxy groups -OCH3 is 1. The quantitative estimate of drug-likeness (QED) is 0.781. The highest BCUT2D eigenvalue weighted by atomic mass is 32.2. The van der Waals surface area contributed by atoms with Gasteiger partial charge < -0.3 is 9.64 Å². The van der Waals surface area contributed by atoms with Crippen molar-refractivity contribution in [3.63, 3.8) is 0 Å². The van der Waals surface area contributed by atoms with Crippen LogP contribution in [0.15, 0.2) is 18.2 Å². The monoisotopic (exact) mass is 370 g/mol. The number of hydrogen-bond acceptors (Lipinski definition) is 5. The number of rotatable bonds is 4. The van der Waals surface area contributed by atoms with Crippen molar-refractivity contribution in [3.8, 4) is 5.75 Å². The SMILES string of the molecule is COc1ccc(CC(=O)N2CCN([C@@H]3CCS(=O)(=O)C3)CC2)cc1F. The Morgan fingerprint density at radius 2 is 2.00 bits per heavy atom. The summed E-state index contributed by atoms with van der Waals surface area (Å²) in [6, 6.07) is 4.63. The standard InChI is InChI=1S/C17H23FN2O4S/c1-24-16-3-2-13(10-15(16)18)11-17(21)20-7-5-19(6-8-20)14-4-9-25(22,23)12-14/h2-3,10,14H,4-9,11-12H2,1H3/t14-/m1/s1. The van der Waals surface area contributed by atoms with E-state index in [1.807, 2.05) is 0 Å². The highest BCUT2D eigenvalue weighted by molar-refractivity contribution is 7.91. The number of hydrogen-bond donors (Lipinski definition) is 0. The Kier molecular flexibility index (Phi) is 5.29. The van der Waals surface area contributed by atoms with E-state index in [1.54, 1.807) is 11.0 Å². The third-order valence-corrected chi connectivity index (χ3v) is 6.71. The number of amides is 1. The molecule has 2 aliphatic heterocycles. The second-order valence-corrected chi connectivity index (χ2v) is 8.85. The maximum Gasteiger partial charge on any atom is 0.227 e. The Morgan fingerprint density at radius 3 is 2.56 bits per heavy atom. The summed E-state index contributed by atoms with van der Waals surface area (Å²) in [5.74, 6) is 0.144. The molecule has 0 aliphatic carbocycles. The number of halogens is 1. The maximum absolute atomic E-state index is 13.7. The molecule has 2 heterocycles. The molecule has 1 amide bonds. The van der Waals surface area contributed by atoms with Crippen molar-refractivity contribution in [1.29, 1.82) is 0 Å². The second kappa shape index (κ2) is 7.29. The first-order chi connectivity index (χ1) is 11.9. The third-order valence-electron chi connectivity index (χ3n) is 4.96. The zero-order valence-corrected chi connectivity index (χ0v) is 15.1. The van der Waals surface area contributed by atoms with E-state index in [0.29, 0.717) is 38.2 Å². The highest BCUT2D eigenvalue weighted by Gasteiger charge is 2.34. The topological polar surface area (TPSA) is 66.9 Å². The lowest BCUT2D eigenvalue weighted by atomic mass is 10.1. The van der Waals surface area contributed by atoms with Gasteiger partial charge in [-0.2, -0.15) is 0 Å². The molecular weight excluding hydrogens is 347 g/mol. The van der Waals surface area contributed by atoms with Crippen LogP contribution in [0.25, 0.3) is 0 Å². The van der Waals surface area contributed by atoms with E-state index in [2.05, 4.69) is 4.90 Å². The minimum Gasteiger partial charge on any atom is -0.494 e. The maximum atomic E-state index is 13.7. The molecule has 6 nitrogen and oxygen atoms in total. The van der Waals surface area contributed by atoms with E-state index in [9.17, 15) is 17.6 Å². The highest BCUT2D eigenvalue weighted by Crippen LogP contribution is 2.21. The van der Waals surface area contributed by atoms with Crippen molar-refractivity contribution in [1.82, 2.24) is 9.80 Å². The van der Waals surface area contributed by atoms with Crippen molar-refractivity contribution < 1.29 is 22.3 Å². The van der Waals surface area contributed by atoms with Crippen molar-refractivity contribution in [3.05, 3.63) is 29.6 Å². The molecule has 0 saturated carbocycles. The predicted molar refractivity (Wildman–Crippen MR) is 91.9 cm³/mol. The molecule has 8 heteroatoms. The van der Waals surface area contributed by atoms with Crippen molar-refractivity contribution in [2.75, 3.05) is 44.8 Å². The van der Waals surface area contributed by atoms with Crippen LogP contribution in [0.4, 0.5) is 4.39 Å². The fourth-order valence-electron chi connectivity index (χ4n) is 3.51. The molecule has 0 radical (unpaired) electrons. The van der Waals surface area contributed by atoms with Crippen molar-refractivity contribution in [2.45, 2.75) is 18.9 Å². The molecule has 2 aliphatic rings. The molecule has 0 spiro atoms. The van der Waals surface area contributed by atoms with Crippen molar-refractivity contribution >= 4 is 15.7 Å². The fraction of sp³-hybridized carbons (Fsp3) is 0.588. The molecule has 0 N–H and O–H groups in total. The Morgan fingerprint density at radius 1 is 1.28 bits per heavy atom. The molecule has 25 heavy (non-hydrogen) atoms. The van der Waals surface area contributed by atoms with E-state index < -0.39 is 15.7 Å². The van der Waals surface area contributed by atoms with Gasteiger partial charge in [0.15, 0.2) is 21.4 Å². The van der Waals surface area contributed by atoms with E-state index in [0.717, 1.165) is 0 Å². The summed E-state index contributed by atoms with van der Waals surface area (Å²) in [4.78, 5) is 16.4. The number of sulfone groups is 1. The van der Waals surface area contributed by atoms with E-state index in [4.69, 9.17) is 4.74 Å². The zero-order valence-electron chi connectivity index (χ0n) is 14.3. The first-order valence-electron chi connectivity index (χ1n) is 8.42. The average Bonchev–Trinajstić information content (AvgIpc) is 2.95. The normalized spacial score (nSPS) is 23.6. The Bertz CT molecular complexity index is 745. The van der Waals surface area contributed by atoms with Crippen LogP contribution in [0, 0.1) is 5.82 Å². The van der Waals surface area contributed by atoms with E-state index >= 15 is 0 Å². The minimum atomic E-state index is -2.89. The van der Waals surface area contributed by atoms with Crippen LogP contribution in [-0.4, -0.2) is 75.0 Å². The average molecular weight is 370 g/mol. The molecule has 0 bridgehead atoms. The third kappa shape index (κ3) is 4.30. The van der Waals surface area contributed by atoms with Crippen molar-refractivity contribution in [2.24, 2.45) is 0 Å². The lowest BCUT2D eigenvalue weighted by Crippen LogP contribution is -2.52. The molecule has 1 atom stereocenters. The predicted octanol–water partition coefficient (Wildman–Crippen LogP) is 0.708. The summed E-state index contributed by atoms with van der Waals surface area (Å²) >= 11 is 0. The molecule has 138 valence electrons. The lowest BCUT2D eigenvalue weighted by molar-refractivity contribution is -0.132. The molecule has 0 unspecified atom stereocenters. The van der Waals surface area contributed by atoms with Crippen LogP contribution < -0.4 is 4.74 Å². The van der Waals surface area contributed by atoms with Crippen LogP contribution in [-0.2, 0) is 21.1 Å². The summed E-state index contributed by atoms with van der Waals surface area (Å²) in [7, 11) is -1.49. The molecule has 2 saturated heterocycles. The van der Waals surface area contributed by atoms with E-state index in [-0.39, 0.29) is 35.6 Å². The molecule has 0 aromatic heterocycles. The first-order valence-corrected chi connectivity index (χ1v) is 10.2. The van der Waals surface area contributed by atoms with Gasteiger partial charge in [-0.05, 0) is 24.1 Å². The number of carbonyl (C=O) groups is 1. The smallest absolute Gasteiger partial charge is 0.227 e. The zero-order chi connectivity index (χ0) is 18.0. The number of benzene rings is 1.